The predicted molar refractivity (Wildman–Crippen MR) is 127 cm³/mol. The van der Waals surface area contributed by atoms with E-state index in [1.807, 2.05) is 39.0 Å². The minimum atomic E-state index is -0.445. The van der Waals surface area contributed by atoms with Gasteiger partial charge in [0.15, 0.2) is 5.17 Å². The van der Waals surface area contributed by atoms with Crippen LogP contribution < -0.4 is 0 Å². The lowest BCUT2D eigenvalue weighted by Gasteiger charge is -2.12. The van der Waals surface area contributed by atoms with E-state index < -0.39 is 4.92 Å². The smallest absolute Gasteiger partial charge is 0.270 e. The number of nitro benzene ring substituents is 1. The molecule has 3 aromatic rings. The molecule has 1 saturated heterocycles. The van der Waals surface area contributed by atoms with Crippen LogP contribution in [-0.4, -0.2) is 27.4 Å². The van der Waals surface area contributed by atoms with Crippen molar-refractivity contribution in [3.05, 3.63) is 86.5 Å². The normalized spacial score (nSPS) is 16.3. The fourth-order valence-electron chi connectivity index (χ4n) is 3.30. The van der Waals surface area contributed by atoms with Gasteiger partial charge < -0.3 is 4.42 Å². The second-order valence-corrected chi connectivity index (χ2v) is 8.36. The summed E-state index contributed by atoms with van der Waals surface area (Å²) in [5, 5.41) is 11.7. The lowest BCUT2D eigenvalue weighted by Crippen LogP contribution is -2.28. The van der Waals surface area contributed by atoms with Crippen LogP contribution in [0.3, 0.4) is 0 Å². The summed E-state index contributed by atoms with van der Waals surface area (Å²) < 4.78 is 5.85. The number of amidine groups is 1. The summed E-state index contributed by atoms with van der Waals surface area (Å²) in [7, 11) is 0. The molecule has 2 heterocycles. The molecule has 32 heavy (non-hydrogen) atoms. The van der Waals surface area contributed by atoms with E-state index in [0.717, 1.165) is 16.8 Å². The highest BCUT2D eigenvalue weighted by Crippen LogP contribution is 2.35. The molecule has 162 valence electrons. The maximum Gasteiger partial charge on any atom is 0.270 e. The molecule has 0 spiro atoms. The van der Waals surface area contributed by atoms with Crippen molar-refractivity contribution < 1.29 is 14.1 Å². The van der Waals surface area contributed by atoms with Crippen LogP contribution in [0.15, 0.2) is 68.9 Å². The molecule has 1 aliphatic rings. The van der Waals surface area contributed by atoms with E-state index in [4.69, 9.17) is 9.41 Å². The van der Waals surface area contributed by atoms with Crippen LogP contribution in [0.1, 0.15) is 23.8 Å². The highest BCUT2D eigenvalue weighted by molar-refractivity contribution is 8.18. The average Bonchev–Trinajstić information content (AvgIpc) is 3.35. The van der Waals surface area contributed by atoms with Crippen molar-refractivity contribution in [1.29, 1.82) is 0 Å². The largest absolute Gasteiger partial charge is 0.457 e. The number of hydrogen-bond acceptors (Lipinski definition) is 6. The zero-order valence-corrected chi connectivity index (χ0v) is 18.7. The number of hydrogen-bond donors (Lipinski definition) is 0. The number of likely N-dealkylation sites (N-methyl/N-ethyl adjacent to an activating group) is 1. The summed E-state index contributed by atoms with van der Waals surface area (Å²) in [5.74, 6) is 0.855. The van der Waals surface area contributed by atoms with Gasteiger partial charge in [-0.15, -0.1) is 0 Å². The van der Waals surface area contributed by atoms with E-state index in [2.05, 4.69) is 0 Å². The van der Waals surface area contributed by atoms with E-state index in [1.165, 1.54) is 23.9 Å². The molecule has 0 saturated carbocycles. The number of aliphatic imine (C=N–C) groups is 1. The first-order valence-electron chi connectivity index (χ1n) is 10.1. The number of nitrogens with zero attached hydrogens (tertiary/aromatic N) is 3. The molecule has 1 aliphatic heterocycles. The molecule has 0 radical (unpaired) electrons. The molecule has 1 amide bonds. The third-order valence-corrected chi connectivity index (χ3v) is 6.03. The van der Waals surface area contributed by atoms with E-state index in [1.54, 1.807) is 35.2 Å². The molecule has 1 aromatic heterocycles. The summed E-state index contributed by atoms with van der Waals surface area (Å²) in [5.41, 5.74) is 3.57. The number of carbonyl (C=O) groups excluding carboxylic acids is 1. The van der Waals surface area contributed by atoms with Gasteiger partial charge in [0.2, 0.25) is 0 Å². The van der Waals surface area contributed by atoms with Gasteiger partial charge in [-0.25, -0.2) is 4.99 Å². The second-order valence-electron chi connectivity index (χ2n) is 7.35. The van der Waals surface area contributed by atoms with Crippen LogP contribution in [0.25, 0.3) is 17.4 Å². The SMILES string of the molecule is CCN1C(=O)/C(=C\c2ccc(-c3cccc([N+](=O)[O-])c3)o2)SC1=Nc1cc(C)ccc1C. The zero-order valence-electron chi connectivity index (χ0n) is 17.9. The number of carbonyl (C=O) groups is 1. The van der Waals surface area contributed by atoms with Crippen LogP contribution in [0, 0.1) is 24.0 Å². The molecule has 1 fully saturated rings. The predicted octanol–water partition coefficient (Wildman–Crippen LogP) is 6.10. The summed E-state index contributed by atoms with van der Waals surface area (Å²) in [4.78, 5) is 30.4. The molecule has 0 atom stereocenters. The van der Waals surface area contributed by atoms with Gasteiger partial charge in [0.05, 0.1) is 15.5 Å². The molecule has 4 rings (SSSR count). The van der Waals surface area contributed by atoms with Gasteiger partial charge in [0, 0.05) is 30.3 Å². The van der Waals surface area contributed by atoms with Crippen LogP contribution in [0.5, 0.6) is 0 Å². The van der Waals surface area contributed by atoms with Gasteiger partial charge in [-0.1, -0.05) is 24.3 Å². The van der Waals surface area contributed by atoms with E-state index in [0.29, 0.717) is 33.7 Å². The van der Waals surface area contributed by atoms with E-state index in [-0.39, 0.29) is 11.6 Å². The molecular formula is C24H21N3O4S. The first-order valence-corrected chi connectivity index (χ1v) is 10.9. The number of amides is 1. The maximum atomic E-state index is 12.9. The first kappa shape index (κ1) is 21.6. The average molecular weight is 448 g/mol. The second kappa shape index (κ2) is 8.84. The van der Waals surface area contributed by atoms with Crippen LogP contribution in [0.4, 0.5) is 11.4 Å². The highest BCUT2D eigenvalue weighted by atomic mass is 32.2. The van der Waals surface area contributed by atoms with Gasteiger partial charge in [-0.2, -0.15) is 0 Å². The van der Waals surface area contributed by atoms with Crippen molar-refractivity contribution in [2.45, 2.75) is 20.8 Å². The van der Waals surface area contributed by atoms with E-state index in [9.17, 15) is 14.9 Å². The molecule has 7 nitrogen and oxygen atoms in total. The maximum absolute atomic E-state index is 12.9. The van der Waals surface area contributed by atoms with Gasteiger partial charge in [-0.3, -0.25) is 19.8 Å². The van der Waals surface area contributed by atoms with Crippen molar-refractivity contribution >= 4 is 40.3 Å². The molecule has 8 heteroatoms. The molecule has 0 bridgehead atoms. The van der Waals surface area contributed by atoms with Crippen molar-refractivity contribution in [2.24, 2.45) is 4.99 Å². The summed E-state index contributed by atoms with van der Waals surface area (Å²) in [6, 6.07) is 15.8. The fraction of sp³-hybridized carbons (Fsp3) is 0.167. The Balaban J connectivity index is 1.63. The van der Waals surface area contributed by atoms with Gasteiger partial charge in [-0.05, 0) is 61.9 Å². The van der Waals surface area contributed by atoms with Crippen LogP contribution in [-0.2, 0) is 4.79 Å². The van der Waals surface area contributed by atoms with Crippen molar-refractivity contribution in [3.63, 3.8) is 0 Å². The molecular weight excluding hydrogens is 426 g/mol. The standard InChI is InChI=1S/C24H21N3O4S/c1-4-26-23(28)22(32-24(26)25-20-12-15(2)8-9-16(20)3)14-19-10-11-21(31-19)17-6-5-7-18(13-17)27(29)30/h5-14H,4H2,1-3H3/b22-14+,25-24?. The van der Waals surface area contributed by atoms with Gasteiger partial charge >= 0.3 is 0 Å². The van der Waals surface area contributed by atoms with Crippen LogP contribution >= 0.6 is 11.8 Å². The minimum Gasteiger partial charge on any atom is -0.457 e. The monoisotopic (exact) mass is 447 g/mol. The molecule has 0 aliphatic carbocycles. The van der Waals surface area contributed by atoms with Crippen LogP contribution in [0.2, 0.25) is 0 Å². The minimum absolute atomic E-state index is 0.00814. The number of thioether (sulfide) groups is 1. The number of nitro groups is 1. The van der Waals surface area contributed by atoms with Gasteiger partial charge in [0.25, 0.3) is 11.6 Å². The fourth-order valence-corrected chi connectivity index (χ4v) is 4.34. The van der Waals surface area contributed by atoms with Crippen molar-refractivity contribution in [2.75, 3.05) is 6.54 Å². The quantitative estimate of drug-likeness (QED) is 0.268. The molecule has 2 aromatic carbocycles. The Morgan fingerprint density at radius 3 is 2.72 bits per heavy atom. The Hall–Kier alpha value is -3.65. The Bertz CT molecular complexity index is 1280. The number of rotatable bonds is 5. The molecule has 0 N–H and O–H groups in total. The number of furan rings is 1. The Morgan fingerprint density at radius 2 is 1.97 bits per heavy atom. The van der Waals surface area contributed by atoms with E-state index >= 15 is 0 Å². The summed E-state index contributed by atoms with van der Waals surface area (Å²) in [6.45, 7) is 6.41. The Labute approximate surface area is 189 Å². The third-order valence-electron chi connectivity index (χ3n) is 5.03. The van der Waals surface area contributed by atoms with Gasteiger partial charge in [0.1, 0.15) is 11.5 Å². The lowest BCUT2D eigenvalue weighted by atomic mass is 10.1. The topological polar surface area (TPSA) is 89.0 Å². The third kappa shape index (κ3) is 4.36. The number of aryl methyl sites for hydroxylation is 2. The lowest BCUT2D eigenvalue weighted by molar-refractivity contribution is -0.384. The Kier molecular flexibility index (Phi) is 5.96. The summed E-state index contributed by atoms with van der Waals surface area (Å²) in [6.07, 6.45) is 1.68. The Morgan fingerprint density at radius 1 is 1.16 bits per heavy atom. The molecule has 0 unspecified atom stereocenters. The van der Waals surface area contributed by atoms with Crippen molar-refractivity contribution in [1.82, 2.24) is 4.90 Å². The van der Waals surface area contributed by atoms with Crippen molar-refractivity contribution in [3.8, 4) is 11.3 Å². The first-order chi connectivity index (χ1) is 15.4. The highest BCUT2D eigenvalue weighted by Gasteiger charge is 2.32. The zero-order chi connectivity index (χ0) is 22.8. The summed E-state index contributed by atoms with van der Waals surface area (Å²) >= 11 is 1.31. The number of non-ortho nitro benzene ring substituents is 1. The number of benzene rings is 2.